The van der Waals surface area contributed by atoms with Crippen LogP contribution in [0.1, 0.15) is 37.9 Å². The molecule has 45 heavy (non-hydrogen) atoms. The number of ether oxygens (including phenoxy) is 2. The summed E-state index contributed by atoms with van der Waals surface area (Å²) in [7, 11) is -3.64. The number of sulfone groups is 1. The first kappa shape index (κ1) is 32.8. The van der Waals surface area contributed by atoms with Crippen LogP contribution in [0, 0.1) is 5.41 Å². The van der Waals surface area contributed by atoms with E-state index in [1.165, 1.54) is 48.5 Å². The Morgan fingerprint density at radius 3 is 2.58 bits per heavy atom. The number of benzene rings is 2. The number of aromatic nitrogens is 2. The second-order valence-corrected chi connectivity index (χ2v) is 13.8. The van der Waals surface area contributed by atoms with Gasteiger partial charge in [0.25, 0.3) is 0 Å². The van der Waals surface area contributed by atoms with E-state index in [-0.39, 0.29) is 55.9 Å². The Hall–Kier alpha value is -3.62. The molecule has 3 N–H and O–H groups in total. The molecule has 0 radical (unpaired) electrons. The van der Waals surface area contributed by atoms with Crippen molar-refractivity contribution in [1.29, 1.82) is 0 Å². The van der Waals surface area contributed by atoms with E-state index in [1.54, 1.807) is 6.92 Å². The van der Waals surface area contributed by atoms with Gasteiger partial charge in [-0.1, -0.05) is 29.8 Å². The summed E-state index contributed by atoms with van der Waals surface area (Å²) < 4.78 is 78.9. The van der Waals surface area contributed by atoms with Gasteiger partial charge >= 0.3 is 12.1 Å². The van der Waals surface area contributed by atoms with Crippen molar-refractivity contribution in [2.24, 2.45) is 5.41 Å². The monoisotopic (exact) mass is 667 g/mol. The normalized spacial score (nSPS) is 19.0. The van der Waals surface area contributed by atoms with Crippen LogP contribution < -0.4 is 20.7 Å². The Labute approximate surface area is 264 Å². The number of nitrogens with zero attached hydrogens (tertiary/aromatic N) is 3. The standard InChI is InChI=1S/C30H33ClF3N5O5S/c1-3-43-27(40)23-16-29(17-36-23)9-11-39(12-10-29)24-15-25(38-28(35)37-24)44-26(30(32,33)34)21-8-7-19(31)14-22(21)18-5-4-6-20(13-18)45(2,41)42/h4-8,13-15,23,26,36H,3,9-12,16-17H2,1-2H3,(H2,35,37,38)/t23-,26+/m0/s1. The quantitative estimate of drug-likeness (QED) is 0.317. The number of nitrogens with two attached hydrogens (primary N) is 1. The van der Waals surface area contributed by atoms with E-state index in [1.807, 2.05) is 4.90 Å². The zero-order chi connectivity index (χ0) is 32.6. The lowest BCUT2D eigenvalue weighted by molar-refractivity contribution is -0.198. The maximum absolute atomic E-state index is 14.6. The van der Waals surface area contributed by atoms with E-state index < -0.39 is 22.1 Å². The number of rotatable bonds is 8. The number of anilines is 2. The van der Waals surface area contributed by atoms with E-state index in [9.17, 15) is 26.4 Å². The number of hydrogen-bond donors (Lipinski definition) is 2. The Morgan fingerprint density at radius 2 is 1.91 bits per heavy atom. The molecule has 15 heteroatoms. The van der Waals surface area contributed by atoms with E-state index in [4.69, 9.17) is 26.8 Å². The molecule has 2 aliphatic rings. The van der Waals surface area contributed by atoms with Crippen LogP contribution in [0.5, 0.6) is 5.88 Å². The van der Waals surface area contributed by atoms with Gasteiger partial charge in [0.1, 0.15) is 11.9 Å². The molecule has 1 aromatic heterocycles. The molecule has 10 nitrogen and oxygen atoms in total. The number of esters is 1. The molecule has 0 saturated carbocycles. The molecule has 0 aliphatic carbocycles. The topological polar surface area (TPSA) is 137 Å². The first-order valence-electron chi connectivity index (χ1n) is 14.3. The van der Waals surface area contributed by atoms with E-state index >= 15 is 0 Å². The Morgan fingerprint density at radius 1 is 1.18 bits per heavy atom. The summed E-state index contributed by atoms with van der Waals surface area (Å²) >= 11 is 6.18. The molecule has 2 aliphatic heterocycles. The van der Waals surface area contributed by atoms with Crippen LogP contribution >= 0.6 is 11.6 Å². The molecule has 242 valence electrons. The third-order valence-electron chi connectivity index (χ3n) is 8.19. The number of carbonyl (C=O) groups is 1. The predicted molar refractivity (Wildman–Crippen MR) is 163 cm³/mol. The number of nitrogen functional groups attached to an aromatic ring is 1. The third-order valence-corrected chi connectivity index (χ3v) is 9.54. The highest BCUT2D eigenvalue weighted by atomic mass is 35.5. The molecule has 3 aromatic rings. The van der Waals surface area contributed by atoms with Gasteiger partial charge in [0.05, 0.1) is 11.5 Å². The minimum atomic E-state index is -4.90. The third kappa shape index (κ3) is 7.45. The van der Waals surface area contributed by atoms with Crippen LogP contribution in [0.2, 0.25) is 5.02 Å². The molecule has 0 unspecified atom stereocenters. The molecular weight excluding hydrogens is 635 g/mol. The second-order valence-electron chi connectivity index (χ2n) is 11.4. The summed E-state index contributed by atoms with van der Waals surface area (Å²) in [5.41, 5.74) is 5.80. The highest BCUT2D eigenvalue weighted by Crippen LogP contribution is 2.43. The van der Waals surface area contributed by atoms with Crippen LogP contribution in [0.25, 0.3) is 11.1 Å². The SMILES string of the molecule is CCOC(=O)[C@@H]1CC2(CCN(c3cc(O[C@H](c4ccc(Cl)cc4-c4cccc(S(C)(=O)=O)c4)C(F)(F)F)nc(N)n3)CC2)CN1. The Bertz CT molecular complexity index is 1680. The van der Waals surface area contributed by atoms with Crippen molar-refractivity contribution in [3.05, 3.63) is 59.1 Å². The molecular formula is C30H33ClF3N5O5S. The van der Waals surface area contributed by atoms with Crippen LogP contribution in [-0.2, 0) is 19.4 Å². The summed E-state index contributed by atoms with van der Waals surface area (Å²) in [5.74, 6) is -0.590. The number of nitrogens with one attached hydrogen (secondary N) is 1. The fraction of sp³-hybridized carbons (Fsp3) is 0.433. The van der Waals surface area contributed by atoms with Gasteiger partial charge < -0.3 is 25.4 Å². The average Bonchev–Trinajstić information content (AvgIpc) is 3.39. The van der Waals surface area contributed by atoms with Crippen molar-refractivity contribution in [1.82, 2.24) is 15.3 Å². The van der Waals surface area contributed by atoms with Crippen LogP contribution in [0.15, 0.2) is 53.4 Å². The minimum absolute atomic E-state index is 0.0465. The highest BCUT2D eigenvalue weighted by molar-refractivity contribution is 7.90. The maximum atomic E-state index is 14.6. The number of piperidine rings is 1. The molecule has 0 bridgehead atoms. The van der Waals surface area contributed by atoms with Crippen molar-refractivity contribution >= 4 is 39.2 Å². The van der Waals surface area contributed by atoms with E-state index in [2.05, 4.69) is 15.3 Å². The molecule has 1 spiro atoms. The molecule has 2 atom stereocenters. The second kappa shape index (κ2) is 12.6. The zero-order valence-electron chi connectivity index (χ0n) is 24.6. The smallest absolute Gasteiger partial charge is 0.429 e. The highest BCUT2D eigenvalue weighted by Gasteiger charge is 2.46. The lowest BCUT2D eigenvalue weighted by atomic mass is 9.76. The summed E-state index contributed by atoms with van der Waals surface area (Å²) in [6.07, 6.45) is -4.30. The largest absolute Gasteiger partial charge is 0.465 e. The molecule has 3 heterocycles. The van der Waals surface area contributed by atoms with Crippen molar-refractivity contribution in [2.75, 3.05) is 43.1 Å². The maximum Gasteiger partial charge on any atom is 0.429 e. The predicted octanol–water partition coefficient (Wildman–Crippen LogP) is 4.98. The van der Waals surface area contributed by atoms with Gasteiger partial charge in [-0.05, 0) is 67.0 Å². The van der Waals surface area contributed by atoms with Crippen LogP contribution in [0.4, 0.5) is 24.9 Å². The Kier molecular flexibility index (Phi) is 9.20. The van der Waals surface area contributed by atoms with Crippen molar-refractivity contribution < 1.29 is 35.9 Å². The van der Waals surface area contributed by atoms with Crippen molar-refractivity contribution in [3.8, 4) is 17.0 Å². The summed E-state index contributed by atoms with van der Waals surface area (Å²) in [4.78, 5) is 22.3. The fourth-order valence-corrected chi connectivity index (χ4v) is 6.74. The first-order valence-corrected chi connectivity index (χ1v) is 16.6. The Balaban J connectivity index is 1.40. The van der Waals surface area contributed by atoms with Crippen molar-refractivity contribution in [2.45, 2.75) is 49.4 Å². The van der Waals surface area contributed by atoms with Crippen LogP contribution in [0.3, 0.4) is 0 Å². The summed E-state index contributed by atoms with van der Waals surface area (Å²) in [6.45, 7) is 3.80. The summed E-state index contributed by atoms with van der Waals surface area (Å²) in [6, 6.07) is 10.4. The summed E-state index contributed by atoms with van der Waals surface area (Å²) in [5, 5.41) is 3.41. The van der Waals surface area contributed by atoms with Gasteiger partial charge in [0.15, 0.2) is 9.84 Å². The number of alkyl halides is 3. The lowest BCUT2D eigenvalue weighted by Crippen LogP contribution is -2.41. The van der Waals surface area contributed by atoms with E-state index in [0.717, 1.165) is 19.1 Å². The fourth-order valence-electron chi connectivity index (χ4n) is 5.90. The molecule has 5 rings (SSSR count). The number of carbonyl (C=O) groups excluding carboxylic acids is 1. The number of hydrogen-bond acceptors (Lipinski definition) is 10. The molecule has 0 amide bonds. The van der Waals surface area contributed by atoms with E-state index in [0.29, 0.717) is 38.5 Å². The van der Waals surface area contributed by atoms with Gasteiger partial charge in [-0.25, -0.2) is 8.42 Å². The molecule has 2 fully saturated rings. The molecule has 2 saturated heterocycles. The van der Waals surface area contributed by atoms with Gasteiger partial charge in [-0.15, -0.1) is 0 Å². The van der Waals surface area contributed by atoms with Gasteiger partial charge in [0, 0.05) is 42.5 Å². The first-order chi connectivity index (χ1) is 21.2. The minimum Gasteiger partial charge on any atom is -0.465 e. The van der Waals surface area contributed by atoms with Gasteiger partial charge in [0.2, 0.25) is 17.9 Å². The lowest BCUT2D eigenvalue weighted by Gasteiger charge is -2.39. The number of halogens is 4. The van der Waals surface area contributed by atoms with Gasteiger partial charge in [-0.2, -0.15) is 23.1 Å². The van der Waals surface area contributed by atoms with Crippen molar-refractivity contribution in [3.63, 3.8) is 0 Å². The zero-order valence-corrected chi connectivity index (χ0v) is 26.2. The van der Waals surface area contributed by atoms with Gasteiger partial charge in [-0.3, -0.25) is 4.79 Å². The molecule has 2 aromatic carbocycles. The van der Waals surface area contributed by atoms with Crippen LogP contribution in [-0.4, -0.2) is 69.1 Å². The average molecular weight is 668 g/mol.